The van der Waals surface area contributed by atoms with Crippen LogP contribution in [0.1, 0.15) is 26.3 Å². The van der Waals surface area contributed by atoms with Crippen LogP contribution in [0, 0.1) is 0 Å². The fraction of sp³-hybridized carbons (Fsp3) is 0.529. The molecule has 1 atom stereocenters. The lowest BCUT2D eigenvalue weighted by atomic mass is 10.0. The van der Waals surface area contributed by atoms with Crippen molar-refractivity contribution in [2.24, 2.45) is 0 Å². The number of morpholine rings is 1. The van der Waals surface area contributed by atoms with Crippen LogP contribution in [-0.4, -0.2) is 55.7 Å². The quantitative estimate of drug-likeness (QED) is 0.820. The van der Waals surface area contributed by atoms with Crippen molar-refractivity contribution in [3.8, 4) is 0 Å². The molecule has 0 amide bonds. The molecule has 2 aromatic heterocycles. The van der Waals surface area contributed by atoms with Crippen molar-refractivity contribution in [2.45, 2.75) is 31.6 Å². The van der Waals surface area contributed by atoms with Crippen LogP contribution in [0.25, 0.3) is 0 Å². The van der Waals surface area contributed by atoms with E-state index in [-0.39, 0.29) is 6.04 Å². The molecule has 1 saturated heterocycles. The number of pyridine rings is 1. The molecule has 1 aliphatic rings. The molecule has 0 bridgehead atoms. The highest BCUT2D eigenvalue weighted by atomic mass is 32.2. The molecule has 0 saturated carbocycles. The molecule has 0 aliphatic carbocycles. The van der Waals surface area contributed by atoms with E-state index >= 15 is 0 Å². The third-order valence-electron chi connectivity index (χ3n) is 4.86. The Labute approximate surface area is 153 Å². The van der Waals surface area contributed by atoms with Gasteiger partial charge < -0.3 is 15.0 Å². The van der Waals surface area contributed by atoms with Crippen molar-refractivity contribution in [3.63, 3.8) is 0 Å². The van der Waals surface area contributed by atoms with E-state index < -0.39 is 14.6 Å². The molecule has 1 fully saturated rings. The first-order valence-electron chi connectivity index (χ1n) is 8.51. The Kier molecular flexibility index (Phi) is 4.94. The number of aromatic amines is 1. The maximum atomic E-state index is 12.3. The summed E-state index contributed by atoms with van der Waals surface area (Å²) in [5, 5.41) is 9.90. The Bertz CT molecular complexity index is 865. The van der Waals surface area contributed by atoms with Gasteiger partial charge >= 0.3 is 0 Å². The highest BCUT2D eigenvalue weighted by Gasteiger charge is 2.34. The van der Waals surface area contributed by atoms with E-state index in [0.717, 1.165) is 5.82 Å². The van der Waals surface area contributed by atoms with Gasteiger partial charge in [0.05, 0.1) is 30.2 Å². The number of nitrogens with one attached hydrogen (secondary N) is 2. The highest BCUT2D eigenvalue weighted by molar-refractivity contribution is 7.91. The predicted molar refractivity (Wildman–Crippen MR) is 102 cm³/mol. The molecule has 26 heavy (non-hydrogen) atoms. The van der Waals surface area contributed by atoms with Crippen LogP contribution in [0.2, 0.25) is 0 Å². The average Bonchev–Trinajstić information content (AvgIpc) is 3.07. The molecule has 0 aromatic carbocycles. The third kappa shape index (κ3) is 3.68. The number of anilines is 3. The van der Waals surface area contributed by atoms with E-state index in [9.17, 15) is 8.42 Å². The molecule has 2 N–H and O–H groups in total. The van der Waals surface area contributed by atoms with Gasteiger partial charge in [0.1, 0.15) is 17.5 Å². The Hall–Kier alpha value is -2.13. The molecular weight excluding hydrogens is 354 g/mol. The van der Waals surface area contributed by atoms with Crippen molar-refractivity contribution in [2.75, 3.05) is 36.2 Å². The molecule has 3 rings (SSSR count). The number of sulfone groups is 1. The summed E-state index contributed by atoms with van der Waals surface area (Å²) in [6, 6.07) is 5.58. The normalized spacial score (nSPS) is 18.8. The van der Waals surface area contributed by atoms with E-state index in [4.69, 9.17) is 9.72 Å². The fourth-order valence-electron chi connectivity index (χ4n) is 2.82. The summed E-state index contributed by atoms with van der Waals surface area (Å²) in [4.78, 5) is 6.84. The first-order chi connectivity index (χ1) is 12.2. The zero-order chi connectivity index (χ0) is 18.9. The summed E-state index contributed by atoms with van der Waals surface area (Å²) in [6.45, 7) is 7.44. The smallest absolute Gasteiger partial charge is 0.156 e. The number of ether oxygens (including phenoxy) is 1. The highest BCUT2D eigenvalue weighted by Crippen LogP contribution is 2.34. The van der Waals surface area contributed by atoms with Crippen LogP contribution >= 0.6 is 0 Å². The van der Waals surface area contributed by atoms with Crippen LogP contribution in [0.5, 0.6) is 0 Å². The van der Waals surface area contributed by atoms with E-state index in [0.29, 0.717) is 37.0 Å². The number of hydrogen-bond donors (Lipinski definition) is 2. The van der Waals surface area contributed by atoms with E-state index in [1.807, 2.05) is 6.07 Å². The molecule has 3 heterocycles. The lowest BCUT2D eigenvalue weighted by Crippen LogP contribution is -2.44. The molecule has 1 aliphatic heterocycles. The minimum absolute atomic E-state index is 0.160. The zero-order valence-corrected chi connectivity index (χ0v) is 16.3. The van der Waals surface area contributed by atoms with Gasteiger partial charge in [0.25, 0.3) is 0 Å². The number of nitrogens with zero attached hydrogens (tertiary/aromatic N) is 3. The molecule has 0 radical (unpaired) electrons. The van der Waals surface area contributed by atoms with Crippen molar-refractivity contribution in [3.05, 3.63) is 30.0 Å². The van der Waals surface area contributed by atoms with Gasteiger partial charge in [-0.3, -0.25) is 5.10 Å². The second-order valence-corrected chi connectivity index (χ2v) is 9.66. The average molecular weight is 379 g/mol. The molecule has 142 valence electrons. The maximum absolute atomic E-state index is 12.3. The molecule has 0 spiro atoms. The molecule has 8 nitrogen and oxygen atoms in total. The SMILES string of the molecule is CC1COCCN1c1cc(C(C)(C)S(C)(=O)=O)cc(Nc2ccn[nH]2)n1. The van der Waals surface area contributed by atoms with Crippen LogP contribution in [-0.2, 0) is 19.3 Å². The van der Waals surface area contributed by atoms with Crippen molar-refractivity contribution < 1.29 is 13.2 Å². The minimum atomic E-state index is -3.31. The summed E-state index contributed by atoms with van der Waals surface area (Å²) in [6.07, 6.45) is 2.89. The summed E-state index contributed by atoms with van der Waals surface area (Å²) >= 11 is 0. The van der Waals surface area contributed by atoms with Gasteiger partial charge in [-0.2, -0.15) is 5.10 Å². The van der Waals surface area contributed by atoms with Crippen molar-refractivity contribution >= 4 is 27.3 Å². The monoisotopic (exact) mass is 379 g/mol. The van der Waals surface area contributed by atoms with Crippen molar-refractivity contribution in [1.29, 1.82) is 0 Å². The number of hydrogen-bond acceptors (Lipinski definition) is 7. The molecule has 1 unspecified atom stereocenters. The standard InChI is InChI=1S/C17H25N5O3S/c1-12-11-25-8-7-22(12)16-10-13(17(2,3)26(4,23)24)9-15(20-16)19-14-5-6-18-21-14/h5-6,9-10,12H,7-8,11H2,1-4H3,(H2,18,19,20,21). The van der Waals surface area contributed by atoms with Gasteiger partial charge in [-0.25, -0.2) is 13.4 Å². The summed E-state index contributed by atoms with van der Waals surface area (Å²) < 4.78 is 29.2. The zero-order valence-electron chi connectivity index (χ0n) is 15.5. The van der Waals surface area contributed by atoms with Gasteiger partial charge in [-0.1, -0.05) is 0 Å². The second-order valence-electron chi connectivity index (χ2n) is 7.09. The Morgan fingerprint density at radius 2 is 2.15 bits per heavy atom. The lowest BCUT2D eigenvalue weighted by molar-refractivity contribution is 0.0985. The first-order valence-corrected chi connectivity index (χ1v) is 10.4. The van der Waals surface area contributed by atoms with Gasteiger partial charge in [-0.15, -0.1) is 0 Å². The second kappa shape index (κ2) is 6.88. The Morgan fingerprint density at radius 1 is 1.38 bits per heavy atom. The van der Waals surface area contributed by atoms with Crippen LogP contribution in [0.3, 0.4) is 0 Å². The lowest BCUT2D eigenvalue weighted by Gasteiger charge is -2.35. The Balaban J connectivity index is 2.07. The maximum Gasteiger partial charge on any atom is 0.156 e. The van der Waals surface area contributed by atoms with E-state index in [2.05, 4.69) is 27.3 Å². The van der Waals surface area contributed by atoms with Gasteiger partial charge in [0.2, 0.25) is 0 Å². The van der Waals surface area contributed by atoms with Crippen LogP contribution < -0.4 is 10.2 Å². The fourth-order valence-corrected chi connectivity index (χ4v) is 3.37. The Morgan fingerprint density at radius 3 is 2.77 bits per heavy atom. The molecule has 2 aromatic rings. The number of H-pyrrole nitrogens is 1. The van der Waals surface area contributed by atoms with E-state index in [1.165, 1.54) is 6.26 Å². The topological polar surface area (TPSA) is 100 Å². The van der Waals surface area contributed by atoms with Crippen LogP contribution in [0.15, 0.2) is 24.4 Å². The number of rotatable bonds is 5. The summed E-state index contributed by atoms with van der Waals surface area (Å²) in [5.74, 6) is 1.99. The minimum Gasteiger partial charge on any atom is -0.377 e. The van der Waals surface area contributed by atoms with Crippen molar-refractivity contribution in [1.82, 2.24) is 15.2 Å². The third-order valence-corrected chi connectivity index (χ3v) is 6.95. The number of aromatic nitrogens is 3. The summed E-state index contributed by atoms with van der Waals surface area (Å²) in [7, 11) is -3.31. The van der Waals surface area contributed by atoms with Crippen LogP contribution in [0.4, 0.5) is 17.5 Å². The first kappa shape index (κ1) is 18.7. The van der Waals surface area contributed by atoms with Gasteiger partial charge in [0.15, 0.2) is 9.84 Å². The summed E-state index contributed by atoms with van der Waals surface area (Å²) in [5.41, 5.74) is 0.686. The predicted octanol–water partition coefficient (Wildman–Crippen LogP) is 2.05. The van der Waals surface area contributed by atoms with Gasteiger partial charge in [0, 0.05) is 18.9 Å². The van der Waals surface area contributed by atoms with Gasteiger partial charge in [-0.05, 0) is 38.5 Å². The molecule has 9 heteroatoms. The molecular formula is C17H25N5O3S. The largest absolute Gasteiger partial charge is 0.377 e. The van der Waals surface area contributed by atoms with E-state index in [1.54, 1.807) is 32.2 Å².